The van der Waals surface area contributed by atoms with Crippen LogP contribution in [0.2, 0.25) is 0 Å². The van der Waals surface area contributed by atoms with E-state index in [-0.39, 0.29) is 11.9 Å². The molecule has 1 aromatic carbocycles. The van der Waals surface area contributed by atoms with E-state index in [0.29, 0.717) is 18.6 Å². The summed E-state index contributed by atoms with van der Waals surface area (Å²) in [5.74, 6) is 0.570. The average molecular weight is 288 g/mol. The minimum atomic E-state index is -0.172. The summed E-state index contributed by atoms with van der Waals surface area (Å²) in [7, 11) is 0. The first-order valence-corrected chi connectivity index (χ1v) is 7.29. The average Bonchev–Trinajstić information content (AvgIpc) is 2.49. The maximum atomic E-state index is 13.8. The van der Waals surface area contributed by atoms with Gasteiger partial charge in [-0.25, -0.2) is 4.39 Å². The molecule has 4 heteroatoms. The van der Waals surface area contributed by atoms with Gasteiger partial charge in [0.2, 0.25) is 0 Å². The van der Waals surface area contributed by atoms with E-state index in [4.69, 9.17) is 4.74 Å². The van der Waals surface area contributed by atoms with Crippen LogP contribution in [0.25, 0.3) is 0 Å². The molecular formula is C17H21FN2O. The quantitative estimate of drug-likeness (QED) is 0.846. The Hall–Kier alpha value is -1.94. The second-order valence-corrected chi connectivity index (χ2v) is 4.79. The van der Waals surface area contributed by atoms with Gasteiger partial charge in [-0.15, -0.1) is 0 Å². The van der Waals surface area contributed by atoms with Gasteiger partial charge in [-0.1, -0.05) is 25.1 Å². The van der Waals surface area contributed by atoms with Crippen LogP contribution in [-0.2, 0) is 6.42 Å². The van der Waals surface area contributed by atoms with Crippen molar-refractivity contribution < 1.29 is 9.13 Å². The Labute approximate surface area is 125 Å². The molecule has 1 atom stereocenters. The fourth-order valence-electron chi connectivity index (χ4n) is 2.31. The molecule has 2 rings (SSSR count). The van der Waals surface area contributed by atoms with Crippen LogP contribution in [0.5, 0.6) is 5.75 Å². The van der Waals surface area contributed by atoms with Crippen molar-refractivity contribution in [2.24, 2.45) is 0 Å². The lowest BCUT2D eigenvalue weighted by Crippen LogP contribution is -2.23. The summed E-state index contributed by atoms with van der Waals surface area (Å²) in [6.07, 6.45) is 4.08. The molecule has 1 N–H and O–H groups in total. The lowest BCUT2D eigenvalue weighted by molar-refractivity contribution is 0.337. The molecule has 0 aliphatic rings. The summed E-state index contributed by atoms with van der Waals surface area (Å²) in [4.78, 5) is 4.21. The molecule has 0 spiro atoms. The first-order valence-electron chi connectivity index (χ1n) is 7.29. The van der Waals surface area contributed by atoms with Gasteiger partial charge in [-0.3, -0.25) is 4.98 Å². The van der Waals surface area contributed by atoms with Crippen LogP contribution in [-0.4, -0.2) is 18.1 Å². The highest BCUT2D eigenvalue weighted by molar-refractivity contribution is 5.28. The lowest BCUT2D eigenvalue weighted by Gasteiger charge is -2.19. The molecule has 3 nitrogen and oxygen atoms in total. The minimum Gasteiger partial charge on any atom is -0.492 e. The molecule has 0 radical (unpaired) electrons. The van der Waals surface area contributed by atoms with Crippen LogP contribution in [0.15, 0.2) is 42.7 Å². The van der Waals surface area contributed by atoms with Crippen molar-refractivity contribution in [3.8, 4) is 5.75 Å². The third kappa shape index (κ3) is 4.26. The van der Waals surface area contributed by atoms with Crippen LogP contribution in [0.3, 0.4) is 0 Å². The molecule has 1 aromatic heterocycles. The molecule has 0 amide bonds. The Kier molecular flexibility index (Phi) is 5.69. The number of nitrogens with zero attached hydrogens (tertiary/aromatic N) is 1. The Morgan fingerprint density at radius 2 is 2.05 bits per heavy atom. The molecule has 0 aliphatic heterocycles. The Balaban J connectivity index is 2.22. The third-order valence-electron chi connectivity index (χ3n) is 3.28. The van der Waals surface area contributed by atoms with Gasteiger partial charge in [0.05, 0.1) is 12.8 Å². The number of benzene rings is 1. The zero-order chi connectivity index (χ0) is 15.1. The summed E-state index contributed by atoms with van der Waals surface area (Å²) in [5.41, 5.74) is 1.70. The highest BCUT2D eigenvalue weighted by Crippen LogP contribution is 2.22. The summed E-state index contributed by atoms with van der Waals surface area (Å²) in [6.45, 7) is 5.38. The van der Waals surface area contributed by atoms with E-state index in [9.17, 15) is 4.39 Å². The highest BCUT2D eigenvalue weighted by Gasteiger charge is 2.14. The molecule has 0 fully saturated rings. The monoisotopic (exact) mass is 288 g/mol. The minimum absolute atomic E-state index is 0.0137. The second-order valence-electron chi connectivity index (χ2n) is 4.79. The first-order chi connectivity index (χ1) is 10.2. The molecule has 0 aliphatic carbocycles. The third-order valence-corrected chi connectivity index (χ3v) is 3.28. The number of nitrogens with one attached hydrogen (secondary N) is 1. The van der Waals surface area contributed by atoms with Gasteiger partial charge in [0.1, 0.15) is 11.6 Å². The molecule has 0 saturated carbocycles. The van der Waals surface area contributed by atoms with Crippen molar-refractivity contribution in [3.05, 3.63) is 59.7 Å². The van der Waals surface area contributed by atoms with Crippen LogP contribution < -0.4 is 10.1 Å². The topological polar surface area (TPSA) is 34.2 Å². The van der Waals surface area contributed by atoms with E-state index in [1.54, 1.807) is 18.5 Å². The Bertz CT molecular complexity index is 574. The fraction of sp³-hybridized carbons (Fsp3) is 0.353. The molecular weight excluding hydrogens is 267 g/mol. The van der Waals surface area contributed by atoms with Crippen LogP contribution >= 0.6 is 0 Å². The SMILES string of the molecule is CCNC(Cc1ccccc1F)c1cncc(OCC)c1. The number of ether oxygens (including phenoxy) is 1. The van der Waals surface area contributed by atoms with Crippen molar-refractivity contribution >= 4 is 0 Å². The standard InChI is InChI=1S/C17H21FN2O/c1-3-20-17(10-13-7-5-6-8-16(13)18)14-9-15(21-4-2)12-19-11-14/h5-9,11-12,17,20H,3-4,10H2,1-2H3. The number of hydrogen-bond acceptors (Lipinski definition) is 3. The molecule has 2 aromatic rings. The van der Waals surface area contributed by atoms with E-state index >= 15 is 0 Å². The zero-order valence-electron chi connectivity index (χ0n) is 12.5. The molecule has 0 saturated heterocycles. The first kappa shape index (κ1) is 15.4. The lowest BCUT2D eigenvalue weighted by atomic mass is 9.99. The molecule has 0 bridgehead atoms. The number of rotatable bonds is 7. The maximum absolute atomic E-state index is 13.8. The van der Waals surface area contributed by atoms with Gasteiger partial charge in [0.25, 0.3) is 0 Å². The van der Waals surface area contributed by atoms with Gasteiger partial charge in [0.15, 0.2) is 0 Å². The van der Waals surface area contributed by atoms with Crippen LogP contribution in [0.1, 0.15) is 31.0 Å². The van der Waals surface area contributed by atoms with E-state index in [2.05, 4.69) is 10.3 Å². The number of hydrogen-bond donors (Lipinski definition) is 1. The van der Waals surface area contributed by atoms with Gasteiger partial charge in [-0.2, -0.15) is 0 Å². The molecule has 21 heavy (non-hydrogen) atoms. The second kappa shape index (κ2) is 7.74. The van der Waals surface area contributed by atoms with Crippen LogP contribution in [0.4, 0.5) is 4.39 Å². The van der Waals surface area contributed by atoms with Crippen molar-refractivity contribution in [3.63, 3.8) is 0 Å². The van der Waals surface area contributed by atoms with Crippen molar-refractivity contribution in [2.45, 2.75) is 26.3 Å². The van der Waals surface area contributed by atoms with Crippen molar-refractivity contribution in [2.75, 3.05) is 13.2 Å². The predicted octanol–water partition coefficient (Wildman–Crippen LogP) is 3.51. The van der Waals surface area contributed by atoms with E-state index < -0.39 is 0 Å². The normalized spacial score (nSPS) is 12.1. The van der Waals surface area contributed by atoms with Gasteiger partial charge in [0, 0.05) is 12.2 Å². The largest absolute Gasteiger partial charge is 0.492 e. The maximum Gasteiger partial charge on any atom is 0.137 e. The molecule has 112 valence electrons. The van der Waals surface area contributed by atoms with E-state index in [0.717, 1.165) is 17.9 Å². The van der Waals surface area contributed by atoms with Gasteiger partial charge < -0.3 is 10.1 Å². The number of aromatic nitrogens is 1. The number of pyridine rings is 1. The summed E-state index contributed by atoms with van der Waals surface area (Å²) < 4.78 is 19.3. The van der Waals surface area contributed by atoms with Crippen LogP contribution in [0, 0.1) is 5.82 Å². The van der Waals surface area contributed by atoms with E-state index in [1.165, 1.54) is 6.07 Å². The Morgan fingerprint density at radius 3 is 2.76 bits per heavy atom. The Morgan fingerprint density at radius 1 is 1.24 bits per heavy atom. The van der Waals surface area contributed by atoms with E-state index in [1.807, 2.05) is 32.0 Å². The smallest absolute Gasteiger partial charge is 0.137 e. The van der Waals surface area contributed by atoms with Gasteiger partial charge in [-0.05, 0) is 43.1 Å². The highest BCUT2D eigenvalue weighted by atomic mass is 19.1. The fourth-order valence-corrected chi connectivity index (χ4v) is 2.31. The summed E-state index contributed by atoms with van der Waals surface area (Å²) in [6, 6.07) is 8.85. The zero-order valence-corrected chi connectivity index (χ0v) is 12.5. The van der Waals surface area contributed by atoms with Crippen molar-refractivity contribution in [1.82, 2.24) is 10.3 Å². The van der Waals surface area contributed by atoms with Crippen molar-refractivity contribution in [1.29, 1.82) is 0 Å². The summed E-state index contributed by atoms with van der Waals surface area (Å²) in [5, 5.41) is 3.38. The number of halogens is 1. The molecule has 1 heterocycles. The predicted molar refractivity (Wildman–Crippen MR) is 81.9 cm³/mol. The molecule has 1 unspecified atom stereocenters. The summed E-state index contributed by atoms with van der Waals surface area (Å²) >= 11 is 0. The van der Waals surface area contributed by atoms with Gasteiger partial charge >= 0.3 is 0 Å². The number of likely N-dealkylation sites (N-methyl/N-ethyl adjacent to an activating group) is 1.